The van der Waals surface area contributed by atoms with E-state index in [2.05, 4.69) is 4.98 Å². The molecule has 0 amide bonds. The van der Waals surface area contributed by atoms with Gasteiger partial charge in [0.25, 0.3) is 0 Å². The fourth-order valence-corrected chi connectivity index (χ4v) is 1.78. The number of halogens is 1. The highest BCUT2D eigenvalue weighted by Crippen LogP contribution is 2.28. The van der Waals surface area contributed by atoms with Crippen LogP contribution in [-0.2, 0) is 4.74 Å². The van der Waals surface area contributed by atoms with Crippen molar-refractivity contribution in [1.29, 1.82) is 0 Å². The maximum atomic E-state index is 12.9. The highest BCUT2D eigenvalue weighted by atomic mass is 19.1. The third-order valence-electron chi connectivity index (χ3n) is 2.79. The molecule has 0 saturated heterocycles. The van der Waals surface area contributed by atoms with Crippen molar-refractivity contribution in [3.63, 3.8) is 0 Å². The summed E-state index contributed by atoms with van der Waals surface area (Å²) in [5, 5.41) is 10.3. The minimum atomic E-state index is -0.964. The molecule has 1 atom stereocenters. The van der Waals surface area contributed by atoms with E-state index >= 15 is 0 Å². The smallest absolute Gasteiger partial charge is 0.141 e. The van der Waals surface area contributed by atoms with E-state index in [1.54, 1.807) is 25.3 Å². The van der Waals surface area contributed by atoms with E-state index in [4.69, 9.17) is 9.47 Å². The van der Waals surface area contributed by atoms with Crippen LogP contribution < -0.4 is 4.74 Å². The van der Waals surface area contributed by atoms with E-state index in [0.717, 1.165) is 6.20 Å². The number of benzene rings is 1. The molecule has 20 heavy (non-hydrogen) atoms. The first-order chi connectivity index (χ1) is 9.72. The first kappa shape index (κ1) is 14.4. The summed E-state index contributed by atoms with van der Waals surface area (Å²) in [6.45, 7) is 0.844. The molecule has 4 nitrogen and oxygen atoms in total. The number of hydrogen-bond donors (Lipinski definition) is 1. The van der Waals surface area contributed by atoms with Crippen molar-refractivity contribution < 1.29 is 19.0 Å². The van der Waals surface area contributed by atoms with Gasteiger partial charge in [-0.2, -0.15) is 0 Å². The number of aromatic nitrogens is 1. The molecule has 5 heteroatoms. The summed E-state index contributed by atoms with van der Waals surface area (Å²) in [5.41, 5.74) is 0.955. The van der Waals surface area contributed by atoms with Crippen LogP contribution in [-0.4, -0.2) is 30.4 Å². The number of methoxy groups -OCH3 is 1. The molecular weight excluding hydrogens is 261 g/mol. The summed E-state index contributed by atoms with van der Waals surface area (Å²) in [4.78, 5) is 3.89. The number of para-hydroxylation sites is 1. The zero-order valence-corrected chi connectivity index (χ0v) is 11.1. The van der Waals surface area contributed by atoms with Crippen LogP contribution in [0.1, 0.15) is 17.4 Å². The number of pyridine rings is 1. The highest BCUT2D eigenvalue weighted by molar-refractivity contribution is 5.38. The van der Waals surface area contributed by atoms with Crippen LogP contribution in [0.4, 0.5) is 4.39 Å². The Morgan fingerprint density at radius 3 is 2.70 bits per heavy atom. The van der Waals surface area contributed by atoms with Gasteiger partial charge in [0.15, 0.2) is 0 Å². The summed E-state index contributed by atoms with van der Waals surface area (Å²) in [6, 6.07) is 9.84. The number of aliphatic hydroxyl groups excluding tert-OH is 1. The van der Waals surface area contributed by atoms with Gasteiger partial charge in [-0.05, 0) is 18.2 Å². The Balaban J connectivity index is 2.20. The molecule has 0 fully saturated rings. The minimum absolute atomic E-state index is 0.370. The van der Waals surface area contributed by atoms with Crippen molar-refractivity contribution in [2.45, 2.75) is 6.10 Å². The van der Waals surface area contributed by atoms with Crippen LogP contribution >= 0.6 is 0 Å². The van der Waals surface area contributed by atoms with Gasteiger partial charge in [-0.3, -0.25) is 4.98 Å². The standard InChI is InChI=1S/C15H16FNO3/c1-19-8-9-20-14-5-3-2-4-12(14)15(18)13-7-6-11(16)10-17-13/h2-7,10,15,18H,8-9H2,1H3. The minimum Gasteiger partial charge on any atom is -0.491 e. The Labute approximate surface area is 116 Å². The lowest BCUT2D eigenvalue weighted by Gasteiger charge is -2.15. The van der Waals surface area contributed by atoms with E-state index in [1.165, 1.54) is 12.1 Å². The molecule has 0 radical (unpaired) electrons. The normalized spacial score (nSPS) is 12.2. The van der Waals surface area contributed by atoms with Crippen LogP contribution in [0.15, 0.2) is 42.6 Å². The molecular formula is C15H16FNO3. The highest BCUT2D eigenvalue weighted by Gasteiger charge is 2.16. The predicted octanol–water partition coefficient (Wildman–Crippen LogP) is 2.33. The Morgan fingerprint density at radius 2 is 2.00 bits per heavy atom. The second kappa shape index (κ2) is 6.98. The van der Waals surface area contributed by atoms with E-state index in [-0.39, 0.29) is 0 Å². The van der Waals surface area contributed by atoms with Crippen molar-refractivity contribution >= 4 is 0 Å². The van der Waals surface area contributed by atoms with Gasteiger partial charge in [0.1, 0.15) is 24.3 Å². The number of rotatable bonds is 6. The molecule has 1 N–H and O–H groups in total. The third kappa shape index (κ3) is 3.53. The van der Waals surface area contributed by atoms with Gasteiger partial charge in [0, 0.05) is 12.7 Å². The van der Waals surface area contributed by atoms with Crippen LogP contribution in [0.5, 0.6) is 5.75 Å². The molecule has 0 aliphatic carbocycles. The van der Waals surface area contributed by atoms with Gasteiger partial charge in [0.2, 0.25) is 0 Å². The third-order valence-corrected chi connectivity index (χ3v) is 2.79. The van der Waals surface area contributed by atoms with Crippen molar-refractivity contribution in [2.75, 3.05) is 20.3 Å². The second-order valence-corrected chi connectivity index (χ2v) is 4.18. The monoisotopic (exact) mass is 277 g/mol. The SMILES string of the molecule is COCCOc1ccccc1C(O)c1ccc(F)cn1. The van der Waals surface area contributed by atoms with Gasteiger partial charge in [0.05, 0.1) is 18.5 Å². The Morgan fingerprint density at radius 1 is 1.20 bits per heavy atom. The van der Waals surface area contributed by atoms with E-state index in [9.17, 15) is 9.50 Å². The summed E-state index contributed by atoms with van der Waals surface area (Å²) < 4.78 is 23.3. The summed E-state index contributed by atoms with van der Waals surface area (Å²) in [6.07, 6.45) is 0.113. The lowest BCUT2D eigenvalue weighted by molar-refractivity contribution is 0.142. The van der Waals surface area contributed by atoms with E-state index in [0.29, 0.717) is 30.2 Å². The summed E-state index contributed by atoms with van der Waals surface area (Å²) >= 11 is 0. The van der Waals surface area contributed by atoms with Crippen LogP contribution in [0.25, 0.3) is 0 Å². The summed E-state index contributed by atoms with van der Waals surface area (Å²) in [7, 11) is 1.59. The topological polar surface area (TPSA) is 51.6 Å². The molecule has 1 heterocycles. The molecule has 0 aliphatic rings. The lowest BCUT2D eigenvalue weighted by Crippen LogP contribution is -2.09. The largest absolute Gasteiger partial charge is 0.491 e. The number of hydrogen-bond acceptors (Lipinski definition) is 4. The fraction of sp³-hybridized carbons (Fsp3) is 0.267. The van der Waals surface area contributed by atoms with Crippen molar-refractivity contribution in [2.24, 2.45) is 0 Å². The van der Waals surface area contributed by atoms with Crippen molar-refractivity contribution in [3.05, 3.63) is 59.7 Å². The molecule has 0 bridgehead atoms. The molecule has 1 unspecified atom stereocenters. The quantitative estimate of drug-likeness (QED) is 0.823. The van der Waals surface area contributed by atoms with Crippen molar-refractivity contribution in [3.8, 4) is 5.75 Å². The molecule has 0 spiro atoms. The van der Waals surface area contributed by atoms with E-state index < -0.39 is 11.9 Å². The summed E-state index contributed by atoms with van der Waals surface area (Å²) in [5.74, 6) is 0.119. The number of aliphatic hydroxyl groups is 1. The maximum absolute atomic E-state index is 12.9. The lowest BCUT2D eigenvalue weighted by atomic mass is 10.0. The zero-order valence-electron chi connectivity index (χ0n) is 11.1. The molecule has 0 aliphatic heterocycles. The van der Waals surface area contributed by atoms with Crippen LogP contribution in [0.2, 0.25) is 0 Å². The van der Waals surface area contributed by atoms with Crippen LogP contribution in [0, 0.1) is 5.82 Å². The van der Waals surface area contributed by atoms with Gasteiger partial charge in [-0.25, -0.2) is 4.39 Å². The predicted molar refractivity (Wildman–Crippen MR) is 72.1 cm³/mol. The first-order valence-electron chi connectivity index (χ1n) is 6.22. The van der Waals surface area contributed by atoms with Gasteiger partial charge >= 0.3 is 0 Å². The molecule has 0 saturated carbocycles. The molecule has 1 aromatic heterocycles. The van der Waals surface area contributed by atoms with E-state index in [1.807, 2.05) is 6.07 Å². The van der Waals surface area contributed by atoms with Gasteiger partial charge in [-0.15, -0.1) is 0 Å². The Bertz CT molecular complexity index is 545. The Kier molecular flexibility index (Phi) is 5.03. The molecule has 106 valence electrons. The van der Waals surface area contributed by atoms with Crippen LogP contribution in [0.3, 0.4) is 0 Å². The number of ether oxygens (including phenoxy) is 2. The molecule has 2 rings (SSSR count). The fourth-order valence-electron chi connectivity index (χ4n) is 1.78. The van der Waals surface area contributed by atoms with Gasteiger partial charge < -0.3 is 14.6 Å². The number of nitrogens with zero attached hydrogens (tertiary/aromatic N) is 1. The Hall–Kier alpha value is -1.98. The maximum Gasteiger partial charge on any atom is 0.141 e. The van der Waals surface area contributed by atoms with Crippen molar-refractivity contribution in [1.82, 2.24) is 4.98 Å². The molecule has 1 aromatic carbocycles. The van der Waals surface area contributed by atoms with Gasteiger partial charge in [-0.1, -0.05) is 18.2 Å². The second-order valence-electron chi connectivity index (χ2n) is 4.18. The molecule has 2 aromatic rings. The first-order valence-corrected chi connectivity index (χ1v) is 6.22. The average Bonchev–Trinajstić information content (AvgIpc) is 2.48. The average molecular weight is 277 g/mol. The zero-order chi connectivity index (χ0) is 14.4.